The van der Waals surface area contributed by atoms with Crippen LogP contribution in [-0.4, -0.2) is 76.3 Å². The van der Waals surface area contributed by atoms with Crippen LogP contribution in [0.25, 0.3) is 0 Å². The van der Waals surface area contributed by atoms with Crippen molar-refractivity contribution in [2.45, 2.75) is 70.7 Å². The molecule has 3 heterocycles. The van der Waals surface area contributed by atoms with Crippen molar-refractivity contribution in [3.05, 3.63) is 0 Å². The zero-order valence-electron chi connectivity index (χ0n) is 15.4. The lowest BCUT2D eigenvalue weighted by atomic mass is 9.71. The normalized spacial score (nSPS) is 34.2. The predicted octanol–water partition coefficient (Wildman–Crippen LogP) is 1.79. The molecule has 0 bridgehead atoms. The van der Waals surface area contributed by atoms with Gasteiger partial charge >= 0.3 is 0 Å². The lowest BCUT2D eigenvalue weighted by Gasteiger charge is -2.46. The maximum Gasteiger partial charge on any atom is 0.104 e. The summed E-state index contributed by atoms with van der Waals surface area (Å²) in [6.07, 6.45) is 1.72. The van der Waals surface area contributed by atoms with Crippen molar-refractivity contribution >= 4 is 0 Å². The van der Waals surface area contributed by atoms with Crippen LogP contribution in [0.3, 0.4) is 0 Å². The minimum absolute atomic E-state index is 0.0111. The molecule has 3 aliphatic heterocycles. The molecular weight excluding hydrogens is 312 g/mol. The van der Waals surface area contributed by atoms with E-state index >= 15 is 0 Å². The van der Waals surface area contributed by atoms with E-state index in [1.807, 2.05) is 0 Å². The molecule has 0 aromatic heterocycles. The van der Waals surface area contributed by atoms with Crippen LogP contribution in [0.15, 0.2) is 0 Å². The van der Waals surface area contributed by atoms with Crippen molar-refractivity contribution in [3.8, 4) is 0 Å². The Morgan fingerprint density at radius 2 is 1.04 bits per heavy atom. The van der Waals surface area contributed by atoms with Gasteiger partial charge in [0, 0.05) is 5.41 Å². The molecule has 6 atom stereocenters. The quantitative estimate of drug-likeness (QED) is 0.475. The second-order valence-electron chi connectivity index (χ2n) is 7.26. The molecule has 0 saturated carbocycles. The Balaban J connectivity index is 1.63. The fraction of sp³-hybridized carbons (Fsp3) is 1.00. The summed E-state index contributed by atoms with van der Waals surface area (Å²) in [6, 6.07) is 0. The van der Waals surface area contributed by atoms with Gasteiger partial charge in [-0.05, 0) is 27.2 Å². The summed E-state index contributed by atoms with van der Waals surface area (Å²) in [6.45, 7) is 12.9. The van der Waals surface area contributed by atoms with Crippen LogP contribution in [0.2, 0.25) is 0 Å². The molecule has 0 radical (unpaired) electrons. The number of hydrogen-bond donors (Lipinski definition) is 0. The first kappa shape index (κ1) is 18.5. The standard InChI is InChI=1S/C18H32O6/c1-5-18(12(2)19-6-15-9-22-15,13(3)20-7-16-10-23-16)14(4)21-8-17-11-24-17/h12-17H,5-11H2,1-4H3. The highest BCUT2D eigenvalue weighted by molar-refractivity contribution is 4.96. The minimum Gasteiger partial charge on any atom is -0.375 e. The van der Waals surface area contributed by atoms with Crippen LogP contribution in [0, 0.1) is 5.41 Å². The Morgan fingerprint density at radius 1 is 0.750 bits per heavy atom. The summed E-state index contributed by atoms with van der Waals surface area (Å²) >= 11 is 0. The van der Waals surface area contributed by atoms with Gasteiger partial charge in [-0.2, -0.15) is 0 Å². The lowest BCUT2D eigenvalue weighted by molar-refractivity contribution is -0.180. The van der Waals surface area contributed by atoms with Crippen molar-refractivity contribution in [2.75, 3.05) is 39.6 Å². The predicted molar refractivity (Wildman–Crippen MR) is 88.2 cm³/mol. The van der Waals surface area contributed by atoms with Crippen LogP contribution in [0.4, 0.5) is 0 Å². The van der Waals surface area contributed by atoms with E-state index in [4.69, 9.17) is 28.4 Å². The number of hydrogen-bond acceptors (Lipinski definition) is 6. The first-order valence-corrected chi connectivity index (χ1v) is 9.25. The molecule has 0 aromatic rings. The van der Waals surface area contributed by atoms with E-state index in [9.17, 15) is 0 Å². The highest BCUT2D eigenvalue weighted by Gasteiger charge is 2.48. The second-order valence-corrected chi connectivity index (χ2v) is 7.26. The van der Waals surface area contributed by atoms with E-state index in [1.165, 1.54) is 0 Å². The Hall–Kier alpha value is -0.240. The number of epoxide rings is 3. The third-order valence-electron chi connectivity index (χ3n) is 5.69. The Bertz CT molecular complexity index is 336. The van der Waals surface area contributed by atoms with E-state index in [0.29, 0.717) is 19.8 Å². The molecule has 3 aliphatic rings. The molecule has 3 fully saturated rings. The van der Waals surface area contributed by atoms with Crippen molar-refractivity contribution in [1.82, 2.24) is 0 Å². The molecule has 0 aromatic carbocycles. The van der Waals surface area contributed by atoms with Gasteiger partial charge in [-0.3, -0.25) is 0 Å². The fourth-order valence-corrected chi connectivity index (χ4v) is 3.57. The van der Waals surface area contributed by atoms with Crippen LogP contribution >= 0.6 is 0 Å². The van der Waals surface area contributed by atoms with Crippen molar-refractivity contribution in [3.63, 3.8) is 0 Å². The summed E-state index contributed by atoms with van der Waals surface area (Å²) in [5.41, 5.74) is -0.224. The maximum absolute atomic E-state index is 6.16. The van der Waals surface area contributed by atoms with Gasteiger partial charge in [-0.15, -0.1) is 0 Å². The highest BCUT2D eigenvalue weighted by Crippen LogP contribution is 2.40. The largest absolute Gasteiger partial charge is 0.375 e. The van der Waals surface area contributed by atoms with Gasteiger partial charge in [0.25, 0.3) is 0 Å². The smallest absolute Gasteiger partial charge is 0.104 e. The van der Waals surface area contributed by atoms with Crippen molar-refractivity contribution in [2.24, 2.45) is 5.41 Å². The summed E-state index contributed by atoms with van der Waals surface area (Å²) in [5, 5.41) is 0. The van der Waals surface area contributed by atoms with Gasteiger partial charge in [-0.1, -0.05) is 6.92 Å². The maximum atomic E-state index is 6.16. The molecular formula is C18H32O6. The summed E-state index contributed by atoms with van der Waals surface area (Å²) in [5.74, 6) is 0. The van der Waals surface area contributed by atoms with Crippen LogP contribution in [0.1, 0.15) is 34.1 Å². The lowest BCUT2D eigenvalue weighted by Crippen LogP contribution is -2.53. The number of ether oxygens (including phenoxy) is 6. The molecule has 0 aliphatic carbocycles. The first-order chi connectivity index (χ1) is 11.6. The average Bonchev–Trinajstić information content (AvgIpc) is 3.43. The zero-order chi connectivity index (χ0) is 17.2. The van der Waals surface area contributed by atoms with E-state index in [0.717, 1.165) is 26.2 Å². The van der Waals surface area contributed by atoms with E-state index < -0.39 is 0 Å². The summed E-state index contributed by atoms with van der Waals surface area (Å²) in [7, 11) is 0. The van der Waals surface area contributed by atoms with E-state index in [-0.39, 0.29) is 42.0 Å². The van der Waals surface area contributed by atoms with Crippen LogP contribution in [0.5, 0.6) is 0 Å². The topological polar surface area (TPSA) is 65.3 Å². The second kappa shape index (κ2) is 7.98. The Labute approximate surface area is 145 Å². The average molecular weight is 344 g/mol. The molecule has 6 unspecified atom stereocenters. The SMILES string of the molecule is CCC(C(C)OCC1CO1)(C(C)OCC1CO1)C(C)OCC1CO1. The molecule has 140 valence electrons. The molecule has 0 amide bonds. The summed E-state index contributed by atoms with van der Waals surface area (Å²) in [4.78, 5) is 0. The number of rotatable bonds is 13. The summed E-state index contributed by atoms with van der Waals surface area (Å²) < 4.78 is 34.3. The molecule has 6 nitrogen and oxygen atoms in total. The van der Waals surface area contributed by atoms with Gasteiger partial charge in [-0.25, -0.2) is 0 Å². The van der Waals surface area contributed by atoms with Crippen LogP contribution < -0.4 is 0 Å². The van der Waals surface area contributed by atoms with Gasteiger partial charge in [0.15, 0.2) is 0 Å². The zero-order valence-corrected chi connectivity index (χ0v) is 15.4. The molecule has 6 heteroatoms. The van der Waals surface area contributed by atoms with Gasteiger partial charge in [0.2, 0.25) is 0 Å². The third kappa shape index (κ3) is 4.68. The molecule has 0 spiro atoms. The minimum atomic E-state index is -0.224. The highest BCUT2D eigenvalue weighted by atomic mass is 16.6. The van der Waals surface area contributed by atoms with Crippen molar-refractivity contribution in [1.29, 1.82) is 0 Å². The monoisotopic (exact) mass is 344 g/mol. The Morgan fingerprint density at radius 3 is 1.25 bits per heavy atom. The van der Waals surface area contributed by atoms with E-state index in [1.54, 1.807) is 0 Å². The Kier molecular flexibility index (Phi) is 6.16. The molecule has 3 saturated heterocycles. The third-order valence-corrected chi connectivity index (χ3v) is 5.69. The van der Waals surface area contributed by atoms with Crippen LogP contribution in [-0.2, 0) is 28.4 Å². The van der Waals surface area contributed by atoms with E-state index in [2.05, 4.69) is 27.7 Å². The molecule has 3 rings (SSSR count). The molecule has 0 N–H and O–H groups in total. The first-order valence-electron chi connectivity index (χ1n) is 9.25. The fourth-order valence-electron chi connectivity index (χ4n) is 3.57. The van der Waals surface area contributed by atoms with Gasteiger partial charge < -0.3 is 28.4 Å². The van der Waals surface area contributed by atoms with Gasteiger partial charge in [0.1, 0.15) is 18.3 Å². The molecule has 24 heavy (non-hydrogen) atoms. The van der Waals surface area contributed by atoms with Crippen molar-refractivity contribution < 1.29 is 28.4 Å². The van der Waals surface area contributed by atoms with Gasteiger partial charge in [0.05, 0.1) is 58.0 Å².